The Morgan fingerprint density at radius 2 is 1.07 bits per heavy atom. The Balaban J connectivity index is 4.75. The Morgan fingerprint density at radius 1 is 0.714 bits per heavy atom. The summed E-state index contributed by atoms with van der Waals surface area (Å²) in [6.07, 6.45) is 4.47. The molecule has 0 aliphatic carbocycles. The monoisotopic (exact) mass is 202 g/mol. The maximum absolute atomic E-state index is 10.5. The second-order valence-corrected chi connectivity index (χ2v) is 4.27. The molecule has 0 aromatic rings. The Morgan fingerprint density at radius 3 is 1.29 bits per heavy atom. The molecule has 14 heavy (non-hydrogen) atoms. The number of hydrogen-bond donors (Lipinski definition) is 2. The zero-order valence-corrected chi connectivity index (χ0v) is 10.1. The standard InChI is InChI=1S/C12H26O2/c1-5-9-12(14,10-6-2)11(13,7-3)8-4/h13-14H,5-10H2,1-4H3. The molecule has 0 radical (unpaired) electrons. The highest BCUT2D eigenvalue weighted by Gasteiger charge is 2.44. The summed E-state index contributed by atoms with van der Waals surface area (Å²) in [6, 6.07) is 0. The topological polar surface area (TPSA) is 40.5 Å². The largest absolute Gasteiger partial charge is 0.387 e. The van der Waals surface area contributed by atoms with Gasteiger partial charge in [0.1, 0.15) is 0 Å². The van der Waals surface area contributed by atoms with E-state index in [1.165, 1.54) is 0 Å². The molecular weight excluding hydrogens is 176 g/mol. The summed E-state index contributed by atoms with van der Waals surface area (Å²) in [5.74, 6) is 0. The molecule has 2 heteroatoms. The average Bonchev–Trinajstić information content (AvgIpc) is 2.17. The Bertz CT molecular complexity index is 144. The van der Waals surface area contributed by atoms with Crippen LogP contribution in [0, 0.1) is 0 Å². The summed E-state index contributed by atoms with van der Waals surface area (Å²) in [7, 11) is 0. The first kappa shape index (κ1) is 13.9. The minimum absolute atomic E-state index is 0.625. The minimum Gasteiger partial charge on any atom is -0.387 e. The van der Waals surface area contributed by atoms with Gasteiger partial charge >= 0.3 is 0 Å². The number of hydrogen-bond acceptors (Lipinski definition) is 2. The summed E-state index contributed by atoms with van der Waals surface area (Å²) >= 11 is 0. The third-order valence-electron chi connectivity index (χ3n) is 3.36. The molecule has 0 rings (SSSR count). The highest BCUT2D eigenvalue weighted by Crippen LogP contribution is 2.36. The van der Waals surface area contributed by atoms with Gasteiger partial charge in [-0.05, 0) is 25.7 Å². The predicted octanol–water partition coefficient (Wildman–Crippen LogP) is 2.87. The molecule has 86 valence electrons. The van der Waals surface area contributed by atoms with Gasteiger partial charge in [-0.15, -0.1) is 0 Å². The lowest BCUT2D eigenvalue weighted by Gasteiger charge is -2.43. The summed E-state index contributed by atoms with van der Waals surface area (Å²) in [4.78, 5) is 0. The van der Waals surface area contributed by atoms with Crippen molar-refractivity contribution in [2.45, 2.75) is 77.4 Å². The Hall–Kier alpha value is -0.0800. The number of rotatable bonds is 7. The van der Waals surface area contributed by atoms with E-state index in [4.69, 9.17) is 0 Å². The van der Waals surface area contributed by atoms with Crippen molar-refractivity contribution in [1.82, 2.24) is 0 Å². The van der Waals surface area contributed by atoms with Gasteiger partial charge in [0, 0.05) is 0 Å². The predicted molar refractivity (Wildman–Crippen MR) is 60.3 cm³/mol. The third kappa shape index (κ3) is 2.71. The number of aliphatic hydroxyl groups is 2. The van der Waals surface area contributed by atoms with Crippen molar-refractivity contribution in [3.63, 3.8) is 0 Å². The van der Waals surface area contributed by atoms with Crippen molar-refractivity contribution in [2.24, 2.45) is 0 Å². The fourth-order valence-corrected chi connectivity index (χ4v) is 2.33. The molecule has 0 aliphatic rings. The normalized spacial score (nSPS) is 13.3. The molecule has 0 unspecified atom stereocenters. The van der Waals surface area contributed by atoms with Crippen LogP contribution in [-0.2, 0) is 0 Å². The van der Waals surface area contributed by atoms with Crippen molar-refractivity contribution < 1.29 is 10.2 Å². The van der Waals surface area contributed by atoms with E-state index < -0.39 is 11.2 Å². The van der Waals surface area contributed by atoms with Crippen LogP contribution in [0.25, 0.3) is 0 Å². The van der Waals surface area contributed by atoms with Crippen molar-refractivity contribution >= 4 is 0 Å². The van der Waals surface area contributed by atoms with E-state index in [0.717, 1.165) is 12.8 Å². The van der Waals surface area contributed by atoms with Gasteiger partial charge in [-0.25, -0.2) is 0 Å². The highest BCUT2D eigenvalue weighted by molar-refractivity contribution is 4.97. The van der Waals surface area contributed by atoms with E-state index in [1.54, 1.807) is 0 Å². The van der Waals surface area contributed by atoms with Crippen molar-refractivity contribution in [2.75, 3.05) is 0 Å². The smallest absolute Gasteiger partial charge is 0.0933 e. The average molecular weight is 202 g/mol. The van der Waals surface area contributed by atoms with Gasteiger partial charge in [-0.1, -0.05) is 40.5 Å². The van der Waals surface area contributed by atoms with Gasteiger partial charge in [0.15, 0.2) is 0 Å². The van der Waals surface area contributed by atoms with E-state index in [1.807, 2.05) is 27.7 Å². The molecule has 2 N–H and O–H groups in total. The lowest BCUT2D eigenvalue weighted by Crippen LogP contribution is -2.53. The van der Waals surface area contributed by atoms with Crippen molar-refractivity contribution in [1.29, 1.82) is 0 Å². The zero-order valence-electron chi connectivity index (χ0n) is 10.1. The minimum atomic E-state index is -0.904. The molecule has 0 aliphatic heterocycles. The molecule has 0 spiro atoms. The highest BCUT2D eigenvalue weighted by atomic mass is 16.4. The molecule has 0 fully saturated rings. The van der Waals surface area contributed by atoms with Gasteiger partial charge in [-0.2, -0.15) is 0 Å². The van der Waals surface area contributed by atoms with Crippen LogP contribution in [0.5, 0.6) is 0 Å². The first-order chi connectivity index (χ1) is 6.49. The van der Waals surface area contributed by atoms with E-state index in [9.17, 15) is 10.2 Å². The first-order valence-electron chi connectivity index (χ1n) is 5.94. The fraction of sp³-hybridized carbons (Fsp3) is 1.00. The molecule has 0 atom stereocenters. The zero-order chi connectivity index (χ0) is 11.2. The van der Waals surface area contributed by atoms with Crippen LogP contribution >= 0.6 is 0 Å². The molecule has 0 bridgehead atoms. The molecule has 0 aromatic carbocycles. The van der Waals surface area contributed by atoms with Crippen LogP contribution in [0.15, 0.2) is 0 Å². The molecule has 0 amide bonds. The molecule has 0 saturated carbocycles. The van der Waals surface area contributed by atoms with Gasteiger partial charge in [0.05, 0.1) is 11.2 Å². The lowest BCUT2D eigenvalue weighted by atomic mass is 9.73. The maximum atomic E-state index is 10.5. The van der Waals surface area contributed by atoms with Gasteiger partial charge in [0.25, 0.3) is 0 Å². The fourth-order valence-electron chi connectivity index (χ4n) is 2.33. The van der Waals surface area contributed by atoms with Crippen molar-refractivity contribution in [3.8, 4) is 0 Å². The van der Waals surface area contributed by atoms with E-state index in [2.05, 4.69) is 0 Å². The molecule has 0 heterocycles. The van der Waals surface area contributed by atoms with E-state index in [-0.39, 0.29) is 0 Å². The van der Waals surface area contributed by atoms with Crippen LogP contribution in [-0.4, -0.2) is 21.4 Å². The second kappa shape index (κ2) is 5.72. The van der Waals surface area contributed by atoms with E-state index >= 15 is 0 Å². The van der Waals surface area contributed by atoms with Crippen LogP contribution in [0.3, 0.4) is 0 Å². The lowest BCUT2D eigenvalue weighted by molar-refractivity contribution is -0.164. The van der Waals surface area contributed by atoms with Crippen LogP contribution in [0.2, 0.25) is 0 Å². The van der Waals surface area contributed by atoms with Crippen molar-refractivity contribution in [3.05, 3.63) is 0 Å². The summed E-state index contributed by atoms with van der Waals surface area (Å²) in [5, 5.41) is 20.8. The molecule has 2 nitrogen and oxygen atoms in total. The first-order valence-corrected chi connectivity index (χ1v) is 5.94. The SMILES string of the molecule is CCCC(O)(CCC)C(O)(CC)CC. The Kier molecular flexibility index (Phi) is 5.68. The summed E-state index contributed by atoms with van der Waals surface area (Å²) in [5.41, 5.74) is -1.79. The second-order valence-electron chi connectivity index (χ2n) is 4.27. The summed E-state index contributed by atoms with van der Waals surface area (Å²) < 4.78 is 0. The van der Waals surface area contributed by atoms with Gasteiger partial charge < -0.3 is 10.2 Å². The molecule has 0 saturated heterocycles. The van der Waals surface area contributed by atoms with Crippen LogP contribution < -0.4 is 0 Å². The summed E-state index contributed by atoms with van der Waals surface area (Å²) in [6.45, 7) is 7.98. The quantitative estimate of drug-likeness (QED) is 0.666. The molecular formula is C12H26O2. The van der Waals surface area contributed by atoms with Crippen LogP contribution in [0.4, 0.5) is 0 Å². The Labute approximate surface area is 88.3 Å². The molecule has 0 aromatic heterocycles. The van der Waals surface area contributed by atoms with Gasteiger partial charge in [-0.3, -0.25) is 0 Å². The third-order valence-corrected chi connectivity index (χ3v) is 3.36. The van der Waals surface area contributed by atoms with Gasteiger partial charge in [0.2, 0.25) is 0 Å². The van der Waals surface area contributed by atoms with Crippen LogP contribution in [0.1, 0.15) is 66.2 Å². The van der Waals surface area contributed by atoms with E-state index in [0.29, 0.717) is 25.7 Å². The maximum Gasteiger partial charge on any atom is 0.0933 e.